The van der Waals surface area contributed by atoms with Crippen LogP contribution in [0.3, 0.4) is 0 Å². The Morgan fingerprint density at radius 3 is 2.36 bits per heavy atom. The van der Waals surface area contributed by atoms with Crippen molar-refractivity contribution in [3.63, 3.8) is 0 Å². The molecule has 0 saturated heterocycles. The molecule has 0 radical (unpaired) electrons. The summed E-state index contributed by atoms with van der Waals surface area (Å²) < 4.78 is 17.2. The minimum atomic E-state index is -1.07. The number of carboxylic acid groups (broad SMARTS) is 1. The van der Waals surface area contributed by atoms with E-state index >= 15 is 0 Å². The molecule has 0 unspecified atom stereocenters. The van der Waals surface area contributed by atoms with E-state index in [1.54, 1.807) is 36.4 Å². The van der Waals surface area contributed by atoms with Crippen molar-refractivity contribution in [2.75, 3.05) is 25.1 Å². The second-order valence-electron chi connectivity index (χ2n) is 9.79. The van der Waals surface area contributed by atoms with Crippen molar-refractivity contribution in [3.8, 4) is 28.2 Å². The quantitative estimate of drug-likeness (QED) is 0.109. The summed E-state index contributed by atoms with van der Waals surface area (Å²) in [6.07, 6.45) is -0.901. The van der Waals surface area contributed by atoms with Crippen molar-refractivity contribution >= 4 is 34.4 Å². The minimum absolute atomic E-state index is 0.0727. The molecule has 1 heterocycles. The number of carboxylic acids is 1. The monoisotopic (exact) mass is 595 g/mol. The number of rotatable bonds is 9. The maximum atomic E-state index is 12.7. The van der Waals surface area contributed by atoms with Crippen molar-refractivity contribution in [1.29, 1.82) is 0 Å². The molecule has 0 fully saturated rings. The number of benzene rings is 4. The van der Waals surface area contributed by atoms with Crippen molar-refractivity contribution < 1.29 is 33.5 Å². The van der Waals surface area contributed by atoms with Crippen LogP contribution in [0, 0.1) is 10.1 Å². The summed E-state index contributed by atoms with van der Waals surface area (Å²) in [6.45, 7) is 5.54. The van der Waals surface area contributed by atoms with Crippen molar-refractivity contribution in [2.45, 2.75) is 20.5 Å². The molecule has 224 valence electrons. The molecule has 11 nitrogen and oxygen atoms in total. The smallest absolute Gasteiger partial charge is 0.434 e. The third-order valence-corrected chi connectivity index (χ3v) is 7.28. The molecule has 11 heteroatoms. The molecule has 1 amide bonds. The van der Waals surface area contributed by atoms with Gasteiger partial charge in [0.05, 0.1) is 17.6 Å². The highest BCUT2D eigenvalue weighted by Crippen LogP contribution is 2.43. The Hall–Kier alpha value is -5.71. The van der Waals surface area contributed by atoms with E-state index in [-0.39, 0.29) is 29.0 Å². The van der Waals surface area contributed by atoms with Crippen LogP contribution in [0.15, 0.2) is 88.3 Å². The number of methoxy groups -OCH3 is 1. The van der Waals surface area contributed by atoms with Gasteiger partial charge < -0.3 is 23.9 Å². The summed E-state index contributed by atoms with van der Waals surface area (Å²) in [5, 5.41) is 21.8. The van der Waals surface area contributed by atoms with Gasteiger partial charge in [-0.05, 0) is 61.4 Å². The van der Waals surface area contributed by atoms with Crippen LogP contribution >= 0.6 is 0 Å². The van der Waals surface area contributed by atoms with Gasteiger partial charge in [0.2, 0.25) is 0 Å². The van der Waals surface area contributed by atoms with Crippen molar-refractivity contribution in [1.82, 2.24) is 0 Å². The maximum Gasteiger partial charge on any atom is 0.434 e. The molecule has 2 aliphatic rings. The Morgan fingerprint density at radius 1 is 0.977 bits per heavy atom. The maximum absolute atomic E-state index is 12.7. The van der Waals surface area contributed by atoms with Crippen LogP contribution in [0.1, 0.15) is 29.8 Å². The van der Waals surface area contributed by atoms with Gasteiger partial charge in [-0.25, -0.2) is 9.59 Å². The van der Waals surface area contributed by atoms with Gasteiger partial charge in [-0.3, -0.25) is 10.1 Å². The fourth-order valence-corrected chi connectivity index (χ4v) is 5.10. The Bertz CT molecular complexity index is 1910. The Kier molecular flexibility index (Phi) is 8.56. The first kappa shape index (κ1) is 29.8. The van der Waals surface area contributed by atoms with Gasteiger partial charge in [-0.1, -0.05) is 18.2 Å². The lowest BCUT2D eigenvalue weighted by Gasteiger charge is -2.23. The molecule has 3 aromatic rings. The molecule has 5 rings (SSSR count). The van der Waals surface area contributed by atoms with Crippen molar-refractivity contribution in [2.24, 2.45) is 4.99 Å². The van der Waals surface area contributed by atoms with Crippen LogP contribution in [0.25, 0.3) is 33.4 Å². The first-order valence-electron chi connectivity index (χ1n) is 13.8. The highest BCUT2D eigenvalue weighted by atomic mass is 16.6. The highest BCUT2D eigenvalue weighted by Gasteiger charge is 2.23. The number of non-ortho nitro benzene ring substituents is 1. The summed E-state index contributed by atoms with van der Waals surface area (Å²) in [6, 6.07) is 21.4. The molecular formula is C33H29N3O8. The molecule has 44 heavy (non-hydrogen) atoms. The van der Waals surface area contributed by atoms with Crippen LogP contribution in [0.4, 0.5) is 16.2 Å². The predicted octanol–water partition coefficient (Wildman–Crippen LogP) is 6.90. The Labute approximate surface area is 252 Å². The molecule has 0 saturated carbocycles. The van der Waals surface area contributed by atoms with Gasteiger partial charge in [0.1, 0.15) is 29.1 Å². The van der Waals surface area contributed by atoms with E-state index < -0.39 is 17.0 Å². The molecule has 3 aromatic carbocycles. The number of hydrogen-bond acceptors (Lipinski definition) is 8. The van der Waals surface area contributed by atoms with Gasteiger partial charge in [0.15, 0.2) is 0 Å². The second kappa shape index (κ2) is 12.7. The molecule has 1 aliphatic heterocycles. The summed E-state index contributed by atoms with van der Waals surface area (Å²) in [4.78, 5) is 41.6. The zero-order valence-corrected chi connectivity index (χ0v) is 24.3. The minimum Gasteiger partial charge on any atom is -0.494 e. The zero-order chi connectivity index (χ0) is 31.4. The molecule has 0 aromatic heterocycles. The molecule has 0 atom stereocenters. The predicted molar refractivity (Wildman–Crippen MR) is 164 cm³/mol. The number of anilines is 1. The van der Waals surface area contributed by atoms with E-state index in [1.807, 2.05) is 18.2 Å². The van der Waals surface area contributed by atoms with E-state index in [1.165, 1.54) is 31.4 Å². The number of carbonyl (C=O) groups is 2. The standard InChI is InChI=1S/C33H29N3O8/c1-4-35(5-2)22-14-15-25-28(16-22)44-29-18-27(34-33(39)43-19-20-10-12-21(13-11-20)36(40)41)30(42-3)17-26(29)31(25)23-8-6-7-9-24(23)32(37)38/h6-18H,4-5,19H2,1-3H3,(H,37,38)/b34-27+. The lowest BCUT2D eigenvalue weighted by Crippen LogP contribution is -2.21. The molecule has 0 bridgehead atoms. The van der Waals surface area contributed by atoms with Crippen LogP contribution < -0.4 is 15.0 Å². The van der Waals surface area contributed by atoms with Gasteiger partial charge >= 0.3 is 12.1 Å². The number of ether oxygens (including phenoxy) is 2. The van der Waals surface area contributed by atoms with Crippen molar-refractivity contribution in [3.05, 3.63) is 105 Å². The van der Waals surface area contributed by atoms with E-state index in [0.717, 1.165) is 18.8 Å². The van der Waals surface area contributed by atoms with Crippen LogP contribution in [0.2, 0.25) is 0 Å². The van der Waals surface area contributed by atoms with Crippen LogP contribution in [0.5, 0.6) is 5.75 Å². The zero-order valence-electron chi connectivity index (χ0n) is 24.3. The first-order chi connectivity index (χ1) is 21.2. The molecular weight excluding hydrogens is 566 g/mol. The van der Waals surface area contributed by atoms with E-state index in [0.29, 0.717) is 39.0 Å². The number of fused-ring (bicyclic) bond motifs is 2. The van der Waals surface area contributed by atoms with Gasteiger partial charge in [-0.2, -0.15) is 4.99 Å². The normalized spacial score (nSPS) is 11.5. The number of nitro benzene ring substituents is 1. The van der Waals surface area contributed by atoms with E-state index in [9.17, 15) is 24.8 Å². The van der Waals surface area contributed by atoms with Gasteiger partial charge in [0.25, 0.3) is 5.69 Å². The third-order valence-electron chi connectivity index (χ3n) is 7.28. The molecule has 1 aliphatic carbocycles. The highest BCUT2D eigenvalue weighted by molar-refractivity contribution is 6.08. The summed E-state index contributed by atoms with van der Waals surface area (Å²) in [5.41, 5.74) is 3.76. The molecule has 1 N–H and O–H groups in total. The number of hydrogen-bond donors (Lipinski definition) is 1. The summed E-state index contributed by atoms with van der Waals surface area (Å²) >= 11 is 0. The Morgan fingerprint density at radius 2 is 1.70 bits per heavy atom. The lowest BCUT2D eigenvalue weighted by molar-refractivity contribution is -0.384. The van der Waals surface area contributed by atoms with Crippen LogP contribution in [-0.4, -0.2) is 42.3 Å². The lowest BCUT2D eigenvalue weighted by atomic mass is 9.90. The summed E-state index contributed by atoms with van der Waals surface area (Å²) in [5.74, 6) is -0.475. The second-order valence-corrected chi connectivity index (χ2v) is 9.79. The van der Waals surface area contributed by atoms with Gasteiger partial charge in [0, 0.05) is 59.6 Å². The first-order valence-corrected chi connectivity index (χ1v) is 13.8. The average Bonchev–Trinajstić information content (AvgIpc) is 3.03. The largest absolute Gasteiger partial charge is 0.494 e. The fourth-order valence-electron chi connectivity index (χ4n) is 5.10. The molecule has 0 spiro atoms. The number of nitro groups is 1. The SMILES string of the molecule is CCN(CC)c1ccc2c(-c3ccccc3C(=O)O)c3cc(OC)/c(=N/C(=O)OCc4ccc([N+](=O)[O-])cc4)cc-3oc2c1. The number of nitrogens with zero attached hydrogens (tertiary/aromatic N) is 3. The number of carbonyl (C=O) groups excluding carboxylic acids is 1. The number of aromatic carboxylic acids is 1. The Balaban J connectivity index is 1.65. The van der Waals surface area contributed by atoms with E-state index in [4.69, 9.17) is 13.9 Å². The van der Waals surface area contributed by atoms with Crippen LogP contribution in [-0.2, 0) is 11.3 Å². The fraction of sp³-hybridized carbons (Fsp3) is 0.182. The summed E-state index contributed by atoms with van der Waals surface area (Å²) in [7, 11) is 1.43. The average molecular weight is 596 g/mol. The van der Waals surface area contributed by atoms with Gasteiger partial charge in [-0.15, -0.1) is 0 Å². The third kappa shape index (κ3) is 5.93. The topological polar surface area (TPSA) is 145 Å². The van der Waals surface area contributed by atoms with E-state index in [2.05, 4.69) is 23.7 Å². The number of amides is 1.